The highest BCUT2D eigenvalue weighted by atomic mass is 16.6. The maximum atomic E-state index is 11.9. The molecule has 114 valence electrons. The molecule has 1 fully saturated rings. The van der Waals surface area contributed by atoms with E-state index < -0.39 is 4.92 Å². The molecule has 0 atom stereocenters. The number of carbonyl (C=O) groups excluding carboxylic acids is 1. The van der Waals surface area contributed by atoms with Gasteiger partial charge in [-0.1, -0.05) is 0 Å². The van der Waals surface area contributed by atoms with Gasteiger partial charge in [0.2, 0.25) is 17.5 Å². The Morgan fingerprint density at radius 2 is 2.19 bits per heavy atom. The second kappa shape index (κ2) is 6.33. The fraction of sp³-hybridized carbons (Fsp3) is 0.583. The Kier molecular flexibility index (Phi) is 4.51. The first-order valence-electron chi connectivity index (χ1n) is 6.76. The highest BCUT2D eigenvalue weighted by Gasteiger charge is 2.29. The van der Waals surface area contributed by atoms with E-state index in [2.05, 4.69) is 15.3 Å². The number of nitro groups is 1. The van der Waals surface area contributed by atoms with E-state index >= 15 is 0 Å². The van der Waals surface area contributed by atoms with Crippen LogP contribution in [0.25, 0.3) is 0 Å². The largest absolute Gasteiger partial charge is 0.364 e. The number of amides is 1. The number of carbonyl (C=O) groups is 1. The first kappa shape index (κ1) is 14.9. The van der Waals surface area contributed by atoms with Gasteiger partial charge in [0.1, 0.15) is 6.33 Å². The van der Waals surface area contributed by atoms with Gasteiger partial charge in [0.15, 0.2) is 0 Å². The second-order valence-corrected chi connectivity index (χ2v) is 4.77. The zero-order chi connectivity index (χ0) is 15.4. The summed E-state index contributed by atoms with van der Waals surface area (Å²) in [5, 5.41) is 14.2. The third kappa shape index (κ3) is 3.18. The van der Waals surface area contributed by atoms with Gasteiger partial charge in [0.05, 0.1) is 11.5 Å². The molecule has 0 radical (unpaired) electrons. The lowest BCUT2D eigenvalue weighted by atomic mass is 10.3. The summed E-state index contributed by atoms with van der Waals surface area (Å²) in [7, 11) is 1.73. The number of nitrogens with zero attached hydrogens (tertiary/aromatic N) is 5. The topological polar surface area (TPSA) is 104 Å². The number of likely N-dealkylation sites (N-methyl/N-ethyl adjacent to an activating group) is 1. The lowest BCUT2D eigenvalue weighted by Gasteiger charge is -2.20. The van der Waals surface area contributed by atoms with Crippen molar-refractivity contribution in [1.29, 1.82) is 0 Å². The fourth-order valence-electron chi connectivity index (χ4n) is 2.23. The standard InChI is InChI=1S/C12H18N6O3/c1-3-13-11-10(18(20)21)12(15-8-14-11)17-6-4-5-16(2)9(19)7-17/h8H,3-7H2,1-2H3,(H,13,14,15). The van der Waals surface area contributed by atoms with Crippen LogP contribution >= 0.6 is 0 Å². The van der Waals surface area contributed by atoms with Gasteiger partial charge in [-0.3, -0.25) is 14.9 Å². The number of rotatable bonds is 4. The Morgan fingerprint density at radius 1 is 1.43 bits per heavy atom. The zero-order valence-electron chi connectivity index (χ0n) is 12.1. The van der Waals surface area contributed by atoms with Crippen molar-refractivity contribution in [3.63, 3.8) is 0 Å². The molecule has 1 aliphatic heterocycles. The minimum absolute atomic E-state index is 0.0783. The predicted molar refractivity (Wildman–Crippen MR) is 77.3 cm³/mol. The molecule has 0 saturated carbocycles. The number of hydrogen-bond acceptors (Lipinski definition) is 7. The lowest BCUT2D eigenvalue weighted by Crippen LogP contribution is -2.35. The first-order chi connectivity index (χ1) is 10.0. The first-order valence-corrected chi connectivity index (χ1v) is 6.76. The number of hydrogen-bond donors (Lipinski definition) is 1. The molecule has 0 spiro atoms. The van der Waals surface area contributed by atoms with E-state index in [1.807, 2.05) is 6.92 Å². The Hall–Kier alpha value is -2.45. The van der Waals surface area contributed by atoms with Crippen LogP contribution in [0.1, 0.15) is 13.3 Å². The average Bonchev–Trinajstić information content (AvgIpc) is 2.61. The molecule has 2 rings (SSSR count). The van der Waals surface area contributed by atoms with Gasteiger partial charge in [-0.15, -0.1) is 0 Å². The summed E-state index contributed by atoms with van der Waals surface area (Å²) in [6, 6.07) is 0. The van der Waals surface area contributed by atoms with Gasteiger partial charge in [0, 0.05) is 26.7 Å². The quantitative estimate of drug-likeness (QED) is 0.636. The smallest absolute Gasteiger partial charge is 0.353 e. The van der Waals surface area contributed by atoms with Crippen molar-refractivity contribution in [2.75, 3.05) is 43.4 Å². The maximum absolute atomic E-state index is 11.9. The summed E-state index contributed by atoms with van der Waals surface area (Å²) in [5.41, 5.74) is -0.184. The molecule has 1 aromatic rings. The van der Waals surface area contributed by atoms with E-state index in [-0.39, 0.29) is 29.8 Å². The number of aromatic nitrogens is 2. The third-order valence-electron chi connectivity index (χ3n) is 3.30. The number of anilines is 2. The predicted octanol–water partition coefficient (Wildman–Crippen LogP) is 0.485. The molecule has 1 aliphatic rings. The van der Waals surface area contributed by atoms with E-state index in [4.69, 9.17) is 0 Å². The van der Waals surface area contributed by atoms with Gasteiger partial charge in [0.25, 0.3) is 0 Å². The minimum Gasteiger partial charge on any atom is -0.364 e. The van der Waals surface area contributed by atoms with Crippen LogP contribution in [-0.2, 0) is 4.79 Å². The second-order valence-electron chi connectivity index (χ2n) is 4.77. The van der Waals surface area contributed by atoms with Gasteiger partial charge in [-0.2, -0.15) is 0 Å². The van der Waals surface area contributed by atoms with Crippen LogP contribution in [0.3, 0.4) is 0 Å². The highest BCUT2D eigenvalue weighted by Crippen LogP contribution is 2.32. The van der Waals surface area contributed by atoms with E-state index in [1.165, 1.54) is 6.33 Å². The monoisotopic (exact) mass is 294 g/mol. The van der Waals surface area contributed by atoms with Crippen molar-refractivity contribution in [1.82, 2.24) is 14.9 Å². The summed E-state index contributed by atoms with van der Waals surface area (Å²) in [6.07, 6.45) is 2.01. The summed E-state index contributed by atoms with van der Waals surface area (Å²) in [4.78, 5) is 34.0. The molecule has 21 heavy (non-hydrogen) atoms. The molecule has 1 aromatic heterocycles. The van der Waals surface area contributed by atoms with Crippen LogP contribution in [0.4, 0.5) is 17.3 Å². The van der Waals surface area contributed by atoms with E-state index in [9.17, 15) is 14.9 Å². The molecule has 1 N–H and O–H groups in total. The van der Waals surface area contributed by atoms with Gasteiger partial charge in [-0.05, 0) is 13.3 Å². The van der Waals surface area contributed by atoms with E-state index in [0.717, 1.165) is 6.42 Å². The molecule has 0 aromatic carbocycles. The normalized spacial score (nSPS) is 15.8. The summed E-state index contributed by atoms with van der Waals surface area (Å²) in [5.74, 6) is 0.289. The van der Waals surface area contributed by atoms with Gasteiger partial charge in [-0.25, -0.2) is 9.97 Å². The van der Waals surface area contributed by atoms with Crippen LogP contribution < -0.4 is 10.2 Å². The molecule has 9 heteroatoms. The van der Waals surface area contributed by atoms with E-state index in [1.54, 1.807) is 16.8 Å². The van der Waals surface area contributed by atoms with E-state index in [0.29, 0.717) is 19.6 Å². The van der Waals surface area contributed by atoms with Crippen LogP contribution in [0, 0.1) is 10.1 Å². The molecule has 0 aliphatic carbocycles. The minimum atomic E-state index is -0.508. The molecular formula is C12H18N6O3. The Balaban J connectivity index is 2.40. The summed E-state index contributed by atoms with van der Waals surface area (Å²) >= 11 is 0. The fourth-order valence-corrected chi connectivity index (χ4v) is 2.23. The zero-order valence-corrected chi connectivity index (χ0v) is 12.1. The Morgan fingerprint density at radius 3 is 2.86 bits per heavy atom. The van der Waals surface area contributed by atoms with Crippen LogP contribution in [0.2, 0.25) is 0 Å². The van der Waals surface area contributed by atoms with Crippen molar-refractivity contribution in [3.05, 3.63) is 16.4 Å². The molecule has 1 saturated heterocycles. The average molecular weight is 294 g/mol. The van der Waals surface area contributed by atoms with Gasteiger partial charge >= 0.3 is 5.69 Å². The number of nitrogens with one attached hydrogen (secondary N) is 1. The van der Waals surface area contributed by atoms with Crippen molar-refractivity contribution in [3.8, 4) is 0 Å². The summed E-state index contributed by atoms with van der Waals surface area (Å²) in [6.45, 7) is 3.60. The molecule has 1 amide bonds. The van der Waals surface area contributed by atoms with Crippen LogP contribution in [-0.4, -0.2) is 58.9 Å². The lowest BCUT2D eigenvalue weighted by molar-refractivity contribution is -0.383. The van der Waals surface area contributed by atoms with Crippen molar-refractivity contribution in [2.24, 2.45) is 0 Å². The Labute approximate surface area is 122 Å². The maximum Gasteiger partial charge on any atom is 0.353 e. The molecule has 0 bridgehead atoms. The Bertz CT molecular complexity index is 550. The molecule has 9 nitrogen and oxygen atoms in total. The molecule has 0 unspecified atom stereocenters. The summed E-state index contributed by atoms with van der Waals surface area (Å²) < 4.78 is 0. The van der Waals surface area contributed by atoms with Gasteiger partial charge < -0.3 is 15.1 Å². The van der Waals surface area contributed by atoms with Crippen molar-refractivity contribution < 1.29 is 9.72 Å². The molecule has 2 heterocycles. The third-order valence-corrected chi connectivity index (χ3v) is 3.30. The van der Waals surface area contributed by atoms with Crippen molar-refractivity contribution >= 4 is 23.2 Å². The highest BCUT2D eigenvalue weighted by molar-refractivity contribution is 5.83. The van der Waals surface area contributed by atoms with Crippen molar-refractivity contribution in [2.45, 2.75) is 13.3 Å². The van der Waals surface area contributed by atoms with Crippen LogP contribution in [0.15, 0.2) is 6.33 Å². The molecular weight excluding hydrogens is 276 g/mol. The van der Waals surface area contributed by atoms with Crippen LogP contribution in [0.5, 0.6) is 0 Å². The SMILES string of the molecule is CCNc1ncnc(N2CCCN(C)C(=O)C2)c1[N+](=O)[O-].